The monoisotopic (exact) mass is 206 g/mol. The van der Waals surface area contributed by atoms with Crippen molar-refractivity contribution in [2.45, 2.75) is 13.3 Å². The minimum atomic E-state index is 1.04. The van der Waals surface area contributed by atoms with Crippen molar-refractivity contribution in [1.82, 2.24) is 0 Å². The summed E-state index contributed by atoms with van der Waals surface area (Å²) < 4.78 is 0. The molecule has 0 heterocycles. The van der Waals surface area contributed by atoms with Gasteiger partial charge in [0, 0.05) is 0 Å². The second kappa shape index (κ2) is 3.64. The van der Waals surface area contributed by atoms with Crippen molar-refractivity contribution in [2.24, 2.45) is 0 Å². The van der Waals surface area contributed by atoms with Gasteiger partial charge in [-0.1, -0.05) is 54.6 Å². The standard InChI is InChI=1S/C16H14/c1-12-10-14-8-5-9-15(16(14)11-12)13-6-3-2-4-7-13/h2-8,10-11H,9H2,1H3. The van der Waals surface area contributed by atoms with Crippen molar-refractivity contribution in [1.29, 1.82) is 0 Å². The highest BCUT2D eigenvalue weighted by atomic mass is 14.2. The molecular weight excluding hydrogens is 192 g/mol. The minimum Gasteiger partial charge on any atom is -0.0795 e. The van der Waals surface area contributed by atoms with E-state index in [0.29, 0.717) is 0 Å². The zero-order valence-electron chi connectivity index (χ0n) is 9.40. The summed E-state index contributed by atoms with van der Waals surface area (Å²) in [6.45, 7) is 2.16. The quantitative estimate of drug-likeness (QED) is 0.643. The van der Waals surface area contributed by atoms with Gasteiger partial charge in [-0.2, -0.15) is 0 Å². The highest BCUT2D eigenvalue weighted by Crippen LogP contribution is 2.36. The maximum absolute atomic E-state index is 2.29. The molecule has 0 radical (unpaired) electrons. The molecule has 0 saturated carbocycles. The van der Waals surface area contributed by atoms with Crippen LogP contribution < -0.4 is 0 Å². The third-order valence-corrected chi connectivity index (χ3v) is 3.13. The Labute approximate surface area is 96.3 Å². The van der Waals surface area contributed by atoms with Crippen LogP contribution in [0.3, 0.4) is 0 Å². The van der Waals surface area contributed by atoms with Gasteiger partial charge in [0.25, 0.3) is 0 Å². The molecule has 0 aromatic heterocycles. The molecule has 0 fully saturated rings. The molecule has 0 aliphatic heterocycles. The SMILES string of the molecule is CC1=CC2=C(c3ccccc3)CC=CC2=C1. The first kappa shape index (κ1) is 9.41. The number of rotatable bonds is 1. The molecule has 78 valence electrons. The fourth-order valence-electron chi connectivity index (χ4n) is 2.40. The van der Waals surface area contributed by atoms with Crippen LogP contribution in [0.4, 0.5) is 0 Å². The van der Waals surface area contributed by atoms with Gasteiger partial charge < -0.3 is 0 Å². The van der Waals surface area contributed by atoms with Crippen LogP contribution in [0, 0.1) is 0 Å². The highest BCUT2D eigenvalue weighted by molar-refractivity contribution is 5.81. The zero-order chi connectivity index (χ0) is 11.0. The Kier molecular flexibility index (Phi) is 2.14. The van der Waals surface area contributed by atoms with E-state index >= 15 is 0 Å². The van der Waals surface area contributed by atoms with Gasteiger partial charge in [0.2, 0.25) is 0 Å². The molecule has 0 heteroatoms. The van der Waals surface area contributed by atoms with Crippen molar-refractivity contribution in [3.05, 3.63) is 76.9 Å². The summed E-state index contributed by atoms with van der Waals surface area (Å²) >= 11 is 0. The molecule has 0 spiro atoms. The molecule has 0 N–H and O–H groups in total. The van der Waals surface area contributed by atoms with Gasteiger partial charge in [-0.05, 0) is 41.2 Å². The summed E-state index contributed by atoms with van der Waals surface area (Å²) in [5.41, 5.74) is 6.92. The molecule has 0 bridgehead atoms. The van der Waals surface area contributed by atoms with Gasteiger partial charge in [0.15, 0.2) is 0 Å². The van der Waals surface area contributed by atoms with E-state index in [2.05, 4.69) is 61.6 Å². The second-order valence-electron chi connectivity index (χ2n) is 4.35. The Morgan fingerprint density at radius 2 is 1.81 bits per heavy atom. The average Bonchev–Trinajstić information content (AvgIpc) is 2.70. The molecule has 0 atom stereocenters. The van der Waals surface area contributed by atoms with E-state index in [1.807, 2.05) is 0 Å². The number of hydrogen-bond donors (Lipinski definition) is 0. The summed E-state index contributed by atoms with van der Waals surface area (Å²) in [6, 6.07) is 10.7. The van der Waals surface area contributed by atoms with E-state index < -0.39 is 0 Å². The van der Waals surface area contributed by atoms with Gasteiger partial charge >= 0.3 is 0 Å². The van der Waals surface area contributed by atoms with Gasteiger partial charge in [0.1, 0.15) is 0 Å². The Balaban J connectivity index is 2.15. The Hall–Kier alpha value is -1.82. The predicted octanol–water partition coefficient (Wildman–Crippen LogP) is 4.29. The van der Waals surface area contributed by atoms with E-state index in [1.54, 1.807) is 0 Å². The van der Waals surface area contributed by atoms with E-state index in [4.69, 9.17) is 0 Å². The number of hydrogen-bond acceptors (Lipinski definition) is 0. The maximum atomic E-state index is 2.29. The lowest BCUT2D eigenvalue weighted by atomic mass is 9.90. The first-order valence-electron chi connectivity index (χ1n) is 5.70. The average molecular weight is 206 g/mol. The van der Waals surface area contributed by atoms with Gasteiger partial charge in [0.05, 0.1) is 0 Å². The summed E-state index contributed by atoms with van der Waals surface area (Å²) in [4.78, 5) is 0. The molecule has 1 aromatic rings. The van der Waals surface area contributed by atoms with Crippen molar-refractivity contribution >= 4 is 5.57 Å². The van der Waals surface area contributed by atoms with Crippen LogP contribution in [0.25, 0.3) is 5.57 Å². The highest BCUT2D eigenvalue weighted by Gasteiger charge is 2.16. The molecular formula is C16H14. The lowest BCUT2D eigenvalue weighted by Gasteiger charge is -2.14. The summed E-state index contributed by atoms with van der Waals surface area (Å²) in [5.74, 6) is 0. The van der Waals surface area contributed by atoms with E-state index in [-0.39, 0.29) is 0 Å². The second-order valence-corrected chi connectivity index (χ2v) is 4.35. The third-order valence-electron chi connectivity index (χ3n) is 3.13. The Morgan fingerprint density at radius 1 is 1.00 bits per heavy atom. The lowest BCUT2D eigenvalue weighted by Crippen LogP contribution is -1.94. The fourth-order valence-corrected chi connectivity index (χ4v) is 2.40. The van der Waals surface area contributed by atoms with E-state index in [9.17, 15) is 0 Å². The third kappa shape index (κ3) is 1.47. The first-order valence-corrected chi connectivity index (χ1v) is 5.70. The first-order chi connectivity index (χ1) is 7.84. The van der Waals surface area contributed by atoms with Crippen molar-refractivity contribution in [2.75, 3.05) is 0 Å². The predicted molar refractivity (Wildman–Crippen MR) is 69.0 cm³/mol. The van der Waals surface area contributed by atoms with Crippen LogP contribution in [0.5, 0.6) is 0 Å². The van der Waals surface area contributed by atoms with Crippen molar-refractivity contribution < 1.29 is 0 Å². The minimum absolute atomic E-state index is 1.04. The maximum Gasteiger partial charge on any atom is -0.00820 e. The van der Waals surface area contributed by atoms with Crippen LogP contribution in [-0.2, 0) is 0 Å². The van der Waals surface area contributed by atoms with Crippen LogP contribution >= 0.6 is 0 Å². The number of benzene rings is 1. The molecule has 2 aliphatic rings. The summed E-state index contributed by atoms with van der Waals surface area (Å²) in [7, 11) is 0. The van der Waals surface area contributed by atoms with Crippen molar-refractivity contribution in [3.8, 4) is 0 Å². The van der Waals surface area contributed by atoms with Gasteiger partial charge in [-0.15, -0.1) is 0 Å². The summed E-state index contributed by atoms with van der Waals surface area (Å²) in [6.07, 6.45) is 10.1. The fraction of sp³-hybridized carbons (Fsp3) is 0.125. The molecule has 0 nitrogen and oxygen atoms in total. The largest absolute Gasteiger partial charge is 0.0795 e. The number of allylic oxidation sites excluding steroid dienone is 8. The Morgan fingerprint density at radius 3 is 2.62 bits per heavy atom. The van der Waals surface area contributed by atoms with Crippen LogP contribution in [-0.4, -0.2) is 0 Å². The molecule has 0 amide bonds. The van der Waals surface area contributed by atoms with E-state index in [1.165, 1.54) is 27.9 Å². The molecule has 16 heavy (non-hydrogen) atoms. The Bertz CT molecular complexity index is 537. The lowest BCUT2D eigenvalue weighted by molar-refractivity contribution is 1.32. The molecule has 0 saturated heterocycles. The topological polar surface area (TPSA) is 0 Å². The smallest absolute Gasteiger partial charge is 0.00820 e. The van der Waals surface area contributed by atoms with Crippen LogP contribution in [0.2, 0.25) is 0 Å². The summed E-state index contributed by atoms with van der Waals surface area (Å²) in [5, 5.41) is 0. The molecule has 1 aromatic carbocycles. The van der Waals surface area contributed by atoms with Gasteiger partial charge in [-0.3, -0.25) is 0 Å². The van der Waals surface area contributed by atoms with E-state index in [0.717, 1.165) is 6.42 Å². The molecule has 3 rings (SSSR count). The number of fused-ring (bicyclic) bond motifs is 1. The van der Waals surface area contributed by atoms with Crippen LogP contribution in [0.1, 0.15) is 18.9 Å². The zero-order valence-corrected chi connectivity index (χ0v) is 9.40. The van der Waals surface area contributed by atoms with Gasteiger partial charge in [-0.25, -0.2) is 0 Å². The van der Waals surface area contributed by atoms with Crippen LogP contribution in [0.15, 0.2) is 71.4 Å². The van der Waals surface area contributed by atoms with Crippen molar-refractivity contribution in [3.63, 3.8) is 0 Å². The molecule has 0 unspecified atom stereocenters. The molecule has 2 aliphatic carbocycles. The normalized spacial score (nSPS) is 18.3.